The molecule has 2 N–H and O–H groups in total. The van der Waals surface area contributed by atoms with E-state index >= 15 is 0 Å². The van der Waals surface area contributed by atoms with Crippen LogP contribution < -0.4 is 0 Å². The molecule has 3 heterocycles. The van der Waals surface area contributed by atoms with Gasteiger partial charge in [-0.15, -0.1) is 0 Å². The maximum atomic E-state index is 13.8. The van der Waals surface area contributed by atoms with Crippen LogP contribution in [0.1, 0.15) is 56.1 Å². The lowest BCUT2D eigenvalue weighted by atomic mass is 9.99. The first-order valence-electron chi connectivity index (χ1n) is 12.7. The number of aliphatic hydroxyl groups excluding tert-OH is 1. The fraction of sp³-hybridized carbons (Fsp3) is 0.444. The summed E-state index contributed by atoms with van der Waals surface area (Å²) in [5.74, 6) is 0.390. The zero-order valence-corrected chi connectivity index (χ0v) is 22.1. The van der Waals surface area contributed by atoms with Crippen molar-refractivity contribution in [3.8, 4) is 22.6 Å². The van der Waals surface area contributed by atoms with Gasteiger partial charge in [0.2, 0.25) is 10.0 Å². The first-order chi connectivity index (χ1) is 17.9. The smallest absolute Gasteiger partial charge is 0.393 e. The third-order valence-corrected chi connectivity index (χ3v) is 10.5. The van der Waals surface area contributed by atoms with E-state index in [1.54, 1.807) is 12.1 Å². The van der Waals surface area contributed by atoms with Crippen molar-refractivity contribution in [3.05, 3.63) is 58.7 Å². The Balaban J connectivity index is 1.34. The fourth-order valence-electron chi connectivity index (χ4n) is 6.11. The molecule has 6 nitrogen and oxygen atoms in total. The molecule has 4 atom stereocenters. The highest BCUT2D eigenvalue weighted by Crippen LogP contribution is 2.47. The van der Waals surface area contributed by atoms with Crippen molar-refractivity contribution in [2.24, 2.45) is 5.92 Å². The van der Waals surface area contributed by atoms with Gasteiger partial charge in [0.05, 0.1) is 28.6 Å². The number of rotatable bonds is 5. The number of imidazole rings is 1. The second kappa shape index (κ2) is 9.08. The molecule has 6 rings (SSSR count). The predicted molar refractivity (Wildman–Crippen MR) is 137 cm³/mol. The van der Waals surface area contributed by atoms with E-state index < -0.39 is 27.9 Å². The molecule has 2 unspecified atom stereocenters. The van der Waals surface area contributed by atoms with E-state index in [-0.39, 0.29) is 33.8 Å². The molecule has 11 heteroatoms. The highest BCUT2D eigenvalue weighted by atomic mass is 35.5. The molecule has 2 saturated heterocycles. The lowest BCUT2D eigenvalue weighted by molar-refractivity contribution is -0.138. The number of benzene rings is 2. The van der Waals surface area contributed by atoms with Crippen molar-refractivity contribution in [2.45, 2.75) is 74.2 Å². The third-order valence-electron chi connectivity index (χ3n) is 8.07. The zero-order chi connectivity index (χ0) is 27.0. The number of fused-ring (bicyclic) bond motifs is 2. The Hall–Kier alpha value is -2.40. The van der Waals surface area contributed by atoms with Gasteiger partial charge in [-0.25, -0.2) is 13.4 Å². The van der Waals surface area contributed by atoms with Crippen molar-refractivity contribution in [1.29, 1.82) is 0 Å². The van der Waals surface area contributed by atoms with Gasteiger partial charge in [0.15, 0.2) is 0 Å². The number of aromatic nitrogens is 2. The molecule has 3 aliphatic rings. The Morgan fingerprint density at radius 2 is 1.82 bits per heavy atom. The van der Waals surface area contributed by atoms with Crippen LogP contribution in [0.5, 0.6) is 0 Å². The number of aliphatic hydroxyl groups is 1. The van der Waals surface area contributed by atoms with Gasteiger partial charge in [-0.1, -0.05) is 30.7 Å². The lowest BCUT2D eigenvalue weighted by Crippen LogP contribution is -2.48. The van der Waals surface area contributed by atoms with E-state index in [2.05, 4.69) is 9.97 Å². The summed E-state index contributed by atoms with van der Waals surface area (Å²) in [6, 6.07) is 8.30. The van der Waals surface area contributed by atoms with Crippen LogP contribution in [0, 0.1) is 5.92 Å². The summed E-state index contributed by atoms with van der Waals surface area (Å²) >= 11 is 6.38. The van der Waals surface area contributed by atoms with E-state index in [4.69, 9.17) is 11.6 Å². The molecular formula is C27H27ClF3N3O3S. The maximum Gasteiger partial charge on any atom is 0.416 e. The number of nitrogens with zero attached hydrogens (tertiary/aromatic N) is 2. The van der Waals surface area contributed by atoms with Crippen molar-refractivity contribution < 1.29 is 26.7 Å². The molecule has 202 valence electrons. The molecule has 3 aromatic rings. The van der Waals surface area contributed by atoms with E-state index in [9.17, 15) is 26.7 Å². The Morgan fingerprint density at radius 3 is 2.50 bits per heavy atom. The first-order valence-corrected chi connectivity index (χ1v) is 14.5. The summed E-state index contributed by atoms with van der Waals surface area (Å²) in [7, 11) is -3.97. The van der Waals surface area contributed by atoms with Gasteiger partial charge in [0.1, 0.15) is 10.7 Å². The van der Waals surface area contributed by atoms with Crippen LogP contribution in [0.15, 0.2) is 47.5 Å². The highest BCUT2D eigenvalue weighted by molar-refractivity contribution is 7.89. The number of halogens is 4. The third kappa shape index (κ3) is 4.45. The summed E-state index contributed by atoms with van der Waals surface area (Å²) in [5.41, 5.74) is 0.872. The number of hydrogen-bond donors (Lipinski definition) is 2. The SMILES string of the molecule is C[C@@H]1CC2C[C@@H](O)CC1N2S(=O)(=O)c1cc(-c2ncc(-c3ccc(C4CC4)c(C(F)(F)F)c3)[nH]2)ccc1Cl. The second-order valence-electron chi connectivity index (χ2n) is 10.8. The topological polar surface area (TPSA) is 86.3 Å². The molecular weight excluding hydrogens is 539 g/mol. The number of aromatic amines is 1. The minimum Gasteiger partial charge on any atom is -0.393 e. The Bertz CT molecular complexity index is 1500. The van der Waals surface area contributed by atoms with Crippen LogP contribution in [-0.4, -0.2) is 46.0 Å². The summed E-state index contributed by atoms with van der Waals surface area (Å²) < 4.78 is 70.3. The van der Waals surface area contributed by atoms with Crippen LogP contribution in [-0.2, 0) is 16.2 Å². The van der Waals surface area contributed by atoms with Crippen LogP contribution in [0.25, 0.3) is 22.6 Å². The second-order valence-corrected chi connectivity index (χ2v) is 13.0. The summed E-state index contributed by atoms with van der Waals surface area (Å²) in [4.78, 5) is 7.33. The highest BCUT2D eigenvalue weighted by Gasteiger charge is 2.50. The summed E-state index contributed by atoms with van der Waals surface area (Å²) in [5, 5.41) is 10.3. The van der Waals surface area contributed by atoms with E-state index in [0.29, 0.717) is 47.5 Å². The lowest BCUT2D eigenvalue weighted by Gasteiger charge is -2.36. The number of nitrogens with one attached hydrogen (secondary N) is 1. The van der Waals surface area contributed by atoms with Crippen molar-refractivity contribution in [2.75, 3.05) is 0 Å². The molecule has 1 aliphatic carbocycles. The molecule has 2 aliphatic heterocycles. The van der Waals surface area contributed by atoms with Crippen LogP contribution in [0.2, 0.25) is 5.02 Å². The molecule has 2 bridgehead atoms. The van der Waals surface area contributed by atoms with Gasteiger partial charge in [-0.3, -0.25) is 0 Å². The molecule has 0 spiro atoms. The normalized spacial score (nSPS) is 26.2. The van der Waals surface area contributed by atoms with Crippen LogP contribution >= 0.6 is 11.6 Å². The standard InChI is InChI=1S/C27H27ClF3N3O3S/c1-14-8-18-11-19(35)12-24(14)34(18)38(36,37)25-10-17(5-7-22(25)28)26-32-13-23(33-26)16-4-6-20(15-2-3-15)21(9-16)27(29,30)31/h4-7,9-10,13-15,18-19,24,35H,2-3,8,11-12H2,1H3,(H,32,33)/t14-,18?,19-,24?/m1/s1. The van der Waals surface area contributed by atoms with Gasteiger partial charge < -0.3 is 10.1 Å². The van der Waals surface area contributed by atoms with E-state index in [1.807, 2.05) is 6.92 Å². The average molecular weight is 566 g/mol. The van der Waals surface area contributed by atoms with Crippen molar-refractivity contribution in [1.82, 2.24) is 14.3 Å². The Labute approximate surface area is 223 Å². The molecule has 2 aromatic carbocycles. The van der Waals surface area contributed by atoms with Crippen LogP contribution in [0.3, 0.4) is 0 Å². The van der Waals surface area contributed by atoms with Crippen molar-refractivity contribution >= 4 is 21.6 Å². The predicted octanol–water partition coefficient (Wildman–Crippen LogP) is 6.22. The largest absolute Gasteiger partial charge is 0.416 e. The monoisotopic (exact) mass is 565 g/mol. The van der Waals surface area contributed by atoms with Gasteiger partial charge >= 0.3 is 6.18 Å². The minimum absolute atomic E-state index is 0.0474. The summed E-state index contributed by atoms with van der Waals surface area (Å²) in [6.45, 7) is 2.00. The average Bonchev–Trinajstić information content (AvgIpc) is 3.53. The molecule has 3 fully saturated rings. The number of sulfonamides is 1. The van der Waals surface area contributed by atoms with E-state index in [1.165, 1.54) is 28.7 Å². The molecule has 1 aromatic heterocycles. The first kappa shape index (κ1) is 25.9. The molecule has 38 heavy (non-hydrogen) atoms. The Kier molecular flexibility index (Phi) is 6.18. The van der Waals surface area contributed by atoms with Crippen molar-refractivity contribution in [3.63, 3.8) is 0 Å². The molecule has 1 saturated carbocycles. The summed E-state index contributed by atoms with van der Waals surface area (Å²) in [6.07, 6.45) is -0.572. The van der Waals surface area contributed by atoms with Crippen LogP contribution in [0.4, 0.5) is 13.2 Å². The van der Waals surface area contributed by atoms with Gasteiger partial charge in [0, 0.05) is 23.2 Å². The number of piperidine rings is 1. The Morgan fingerprint density at radius 1 is 1.08 bits per heavy atom. The molecule has 0 amide bonds. The number of alkyl halides is 3. The number of hydrogen-bond acceptors (Lipinski definition) is 4. The maximum absolute atomic E-state index is 13.8. The van der Waals surface area contributed by atoms with E-state index in [0.717, 1.165) is 18.9 Å². The quantitative estimate of drug-likeness (QED) is 0.385. The van der Waals surface area contributed by atoms with Gasteiger partial charge in [-0.05, 0) is 73.8 Å². The zero-order valence-electron chi connectivity index (χ0n) is 20.5. The fourth-order valence-corrected chi connectivity index (χ4v) is 8.55. The van der Waals surface area contributed by atoms with Gasteiger partial charge in [0.25, 0.3) is 0 Å². The number of H-pyrrole nitrogens is 1. The van der Waals surface area contributed by atoms with Gasteiger partial charge in [-0.2, -0.15) is 17.5 Å². The molecule has 0 radical (unpaired) electrons. The minimum atomic E-state index is -4.46.